The van der Waals surface area contributed by atoms with Crippen molar-refractivity contribution in [2.75, 3.05) is 39.3 Å². The van der Waals surface area contributed by atoms with Crippen LogP contribution in [0, 0.1) is 5.92 Å². The highest BCUT2D eigenvalue weighted by Crippen LogP contribution is 2.28. The van der Waals surface area contributed by atoms with Gasteiger partial charge in [-0.3, -0.25) is 4.99 Å². The predicted octanol–water partition coefficient (Wildman–Crippen LogP) is 2.06. The first kappa shape index (κ1) is 17.0. The predicted molar refractivity (Wildman–Crippen MR) is 92.4 cm³/mol. The van der Waals surface area contributed by atoms with E-state index in [9.17, 15) is 0 Å². The van der Waals surface area contributed by atoms with Gasteiger partial charge >= 0.3 is 0 Å². The molecule has 0 aromatic heterocycles. The highest BCUT2D eigenvalue weighted by molar-refractivity contribution is 14.0. The fraction of sp³-hybridized carbons (Fsp3) is 0.929. The van der Waals surface area contributed by atoms with Crippen molar-refractivity contribution in [2.45, 2.75) is 39.0 Å². The van der Waals surface area contributed by atoms with Gasteiger partial charge in [-0.1, -0.05) is 0 Å². The van der Waals surface area contributed by atoms with Crippen LogP contribution >= 0.6 is 24.0 Å². The first-order valence-electron chi connectivity index (χ1n) is 7.63. The second-order valence-corrected chi connectivity index (χ2v) is 5.49. The van der Waals surface area contributed by atoms with Crippen LogP contribution in [0.5, 0.6) is 0 Å². The summed E-state index contributed by atoms with van der Waals surface area (Å²) in [6.07, 6.45) is 6.74. The molecule has 1 saturated heterocycles. The van der Waals surface area contributed by atoms with Gasteiger partial charge in [0.1, 0.15) is 0 Å². The Kier molecular flexibility index (Phi) is 8.77. The number of likely N-dealkylation sites (tertiary alicyclic amines) is 1. The van der Waals surface area contributed by atoms with Crippen LogP contribution in [0.1, 0.15) is 39.0 Å². The van der Waals surface area contributed by atoms with Crippen molar-refractivity contribution in [3.8, 4) is 0 Å². The summed E-state index contributed by atoms with van der Waals surface area (Å²) in [5, 5.41) is 6.76. The minimum Gasteiger partial charge on any atom is -0.357 e. The third kappa shape index (κ3) is 7.34. The molecule has 0 atom stereocenters. The van der Waals surface area contributed by atoms with Gasteiger partial charge in [0.2, 0.25) is 0 Å². The molecule has 2 aliphatic rings. The molecule has 0 aromatic rings. The van der Waals surface area contributed by atoms with E-state index in [-0.39, 0.29) is 24.0 Å². The summed E-state index contributed by atoms with van der Waals surface area (Å²) < 4.78 is 0. The summed E-state index contributed by atoms with van der Waals surface area (Å²) in [4.78, 5) is 7.19. The zero-order valence-corrected chi connectivity index (χ0v) is 14.5. The molecule has 4 nitrogen and oxygen atoms in total. The topological polar surface area (TPSA) is 39.7 Å². The van der Waals surface area contributed by atoms with Crippen molar-refractivity contribution in [1.29, 1.82) is 0 Å². The van der Waals surface area contributed by atoms with Crippen molar-refractivity contribution in [3.05, 3.63) is 0 Å². The molecule has 0 unspecified atom stereocenters. The lowest BCUT2D eigenvalue weighted by atomic mass is 10.4. The molecule has 1 aliphatic carbocycles. The maximum Gasteiger partial charge on any atom is 0.191 e. The average molecular weight is 380 g/mol. The Labute approximate surface area is 134 Å². The van der Waals surface area contributed by atoms with Crippen LogP contribution in [0.25, 0.3) is 0 Å². The molecule has 112 valence electrons. The standard InChI is InChI=1S/C14H28N4.HI/c1-2-15-14(17-12-13-6-7-13)16-8-5-11-18-9-3-4-10-18;/h13H,2-12H2,1H3,(H2,15,16,17);1H. The van der Waals surface area contributed by atoms with E-state index in [1.54, 1.807) is 0 Å². The minimum absolute atomic E-state index is 0. The van der Waals surface area contributed by atoms with Gasteiger partial charge in [0, 0.05) is 19.6 Å². The number of nitrogens with one attached hydrogen (secondary N) is 2. The summed E-state index contributed by atoms with van der Waals surface area (Å²) in [5.74, 6) is 1.87. The summed E-state index contributed by atoms with van der Waals surface area (Å²) in [5.41, 5.74) is 0. The van der Waals surface area contributed by atoms with Gasteiger partial charge in [0.05, 0.1) is 0 Å². The fourth-order valence-corrected chi connectivity index (χ4v) is 2.38. The Morgan fingerprint density at radius 2 is 1.95 bits per heavy atom. The molecular weight excluding hydrogens is 351 g/mol. The van der Waals surface area contributed by atoms with Crippen molar-refractivity contribution in [1.82, 2.24) is 15.5 Å². The SMILES string of the molecule is CCNC(=NCC1CC1)NCCCN1CCCC1.I. The molecule has 19 heavy (non-hydrogen) atoms. The summed E-state index contributed by atoms with van der Waals surface area (Å²) in [6, 6.07) is 0. The molecule has 0 amide bonds. The van der Waals surface area contributed by atoms with Crippen LogP contribution in [0.2, 0.25) is 0 Å². The number of halogens is 1. The van der Waals surface area contributed by atoms with Gasteiger partial charge < -0.3 is 15.5 Å². The van der Waals surface area contributed by atoms with Crippen LogP contribution in [0.3, 0.4) is 0 Å². The van der Waals surface area contributed by atoms with Crippen molar-refractivity contribution >= 4 is 29.9 Å². The number of hydrogen-bond donors (Lipinski definition) is 2. The molecule has 2 rings (SSSR count). The lowest BCUT2D eigenvalue weighted by Crippen LogP contribution is -2.38. The van der Waals surface area contributed by atoms with Crippen LogP contribution in [-0.4, -0.2) is 50.1 Å². The number of rotatable bonds is 7. The Morgan fingerprint density at radius 1 is 1.21 bits per heavy atom. The van der Waals surface area contributed by atoms with Gasteiger partial charge in [-0.05, 0) is 64.6 Å². The van der Waals surface area contributed by atoms with Crippen LogP contribution in [0.4, 0.5) is 0 Å². The van der Waals surface area contributed by atoms with Gasteiger partial charge in [-0.2, -0.15) is 0 Å². The Balaban J connectivity index is 0.00000180. The molecule has 2 fully saturated rings. The fourth-order valence-electron chi connectivity index (χ4n) is 2.38. The largest absolute Gasteiger partial charge is 0.357 e. The highest BCUT2D eigenvalue weighted by atomic mass is 127. The molecule has 1 saturated carbocycles. The molecule has 5 heteroatoms. The van der Waals surface area contributed by atoms with E-state index in [1.807, 2.05) is 0 Å². The second kappa shape index (κ2) is 9.80. The summed E-state index contributed by atoms with van der Waals surface area (Å²) in [6.45, 7) is 8.94. The number of hydrogen-bond acceptors (Lipinski definition) is 2. The second-order valence-electron chi connectivity index (χ2n) is 5.49. The molecule has 0 aromatic carbocycles. The van der Waals surface area contributed by atoms with E-state index in [2.05, 4.69) is 27.4 Å². The first-order chi connectivity index (χ1) is 8.88. The van der Waals surface area contributed by atoms with Crippen molar-refractivity contribution < 1.29 is 0 Å². The quantitative estimate of drug-likeness (QED) is 0.307. The molecule has 0 radical (unpaired) electrons. The van der Waals surface area contributed by atoms with Crippen LogP contribution < -0.4 is 10.6 Å². The lowest BCUT2D eigenvalue weighted by molar-refractivity contribution is 0.334. The number of nitrogens with zero attached hydrogens (tertiary/aromatic N) is 2. The smallest absolute Gasteiger partial charge is 0.191 e. The summed E-state index contributed by atoms with van der Waals surface area (Å²) >= 11 is 0. The monoisotopic (exact) mass is 380 g/mol. The molecule has 2 N–H and O–H groups in total. The molecule has 1 heterocycles. The molecular formula is C14H29IN4. The van der Waals surface area contributed by atoms with E-state index in [0.717, 1.165) is 31.5 Å². The number of aliphatic imine (C=N–C) groups is 1. The van der Waals surface area contributed by atoms with Crippen LogP contribution in [0.15, 0.2) is 4.99 Å². The zero-order valence-electron chi connectivity index (χ0n) is 12.2. The Hall–Kier alpha value is -0.0400. The van der Waals surface area contributed by atoms with E-state index >= 15 is 0 Å². The van der Waals surface area contributed by atoms with Crippen molar-refractivity contribution in [3.63, 3.8) is 0 Å². The molecule has 0 spiro atoms. The third-order valence-electron chi connectivity index (χ3n) is 3.69. The third-order valence-corrected chi connectivity index (χ3v) is 3.69. The maximum atomic E-state index is 4.63. The highest BCUT2D eigenvalue weighted by Gasteiger charge is 2.20. The number of guanidine groups is 1. The van der Waals surface area contributed by atoms with Crippen LogP contribution in [-0.2, 0) is 0 Å². The van der Waals surface area contributed by atoms with E-state index < -0.39 is 0 Å². The van der Waals surface area contributed by atoms with Gasteiger partial charge in [-0.15, -0.1) is 24.0 Å². The van der Waals surface area contributed by atoms with E-state index in [0.29, 0.717) is 0 Å². The normalized spacial score (nSPS) is 20.2. The average Bonchev–Trinajstić information content (AvgIpc) is 3.06. The minimum atomic E-state index is 0. The Morgan fingerprint density at radius 3 is 2.58 bits per heavy atom. The van der Waals surface area contributed by atoms with Crippen molar-refractivity contribution in [2.24, 2.45) is 10.9 Å². The van der Waals surface area contributed by atoms with Gasteiger partial charge in [-0.25, -0.2) is 0 Å². The molecule has 1 aliphatic heterocycles. The van der Waals surface area contributed by atoms with E-state index in [1.165, 1.54) is 51.7 Å². The van der Waals surface area contributed by atoms with E-state index in [4.69, 9.17) is 0 Å². The Bertz CT molecular complexity index is 260. The van der Waals surface area contributed by atoms with Gasteiger partial charge in [0.15, 0.2) is 5.96 Å². The summed E-state index contributed by atoms with van der Waals surface area (Å²) in [7, 11) is 0. The van der Waals surface area contributed by atoms with Gasteiger partial charge in [0.25, 0.3) is 0 Å². The molecule has 0 bridgehead atoms. The zero-order chi connectivity index (χ0) is 12.6. The maximum absolute atomic E-state index is 4.63. The lowest BCUT2D eigenvalue weighted by Gasteiger charge is -2.15. The first-order valence-corrected chi connectivity index (χ1v) is 7.63.